The van der Waals surface area contributed by atoms with Gasteiger partial charge in [0.1, 0.15) is 6.61 Å². The van der Waals surface area contributed by atoms with Crippen LogP contribution >= 0.6 is 0 Å². The summed E-state index contributed by atoms with van der Waals surface area (Å²) in [6, 6.07) is 8.47. The predicted octanol–water partition coefficient (Wildman–Crippen LogP) is 1.33. The van der Waals surface area contributed by atoms with Gasteiger partial charge in [-0.15, -0.1) is 0 Å². The molecule has 1 unspecified atom stereocenters. The highest BCUT2D eigenvalue weighted by molar-refractivity contribution is 6.00. The first kappa shape index (κ1) is 18.9. The van der Waals surface area contributed by atoms with Crippen LogP contribution < -0.4 is 0 Å². The van der Waals surface area contributed by atoms with E-state index in [0.717, 1.165) is 10.5 Å². The number of fused-ring (bicyclic) bond motifs is 1. The van der Waals surface area contributed by atoms with E-state index in [1.807, 2.05) is 30.3 Å². The maximum atomic E-state index is 12.5. The van der Waals surface area contributed by atoms with Crippen LogP contribution in [-0.2, 0) is 30.5 Å². The van der Waals surface area contributed by atoms with E-state index in [-0.39, 0.29) is 12.5 Å². The van der Waals surface area contributed by atoms with Crippen molar-refractivity contribution in [1.29, 1.82) is 0 Å². The number of benzene rings is 1. The molecule has 1 aromatic rings. The molecule has 0 N–H and O–H groups in total. The van der Waals surface area contributed by atoms with Crippen molar-refractivity contribution in [3.05, 3.63) is 35.9 Å². The second-order valence-electron chi connectivity index (χ2n) is 6.75. The normalized spacial score (nSPS) is 23.9. The van der Waals surface area contributed by atoms with Gasteiger partial charge in [-0.1, -0.05) is 37.3 Å². The first-order chi connectivity index (χ1) is 12.9. The Labute approximate surface area is 157 Å². The number of esters is 1. The van der Waals surface area contributed by atoms with Crippen molar-refractivity contribution in [3.8, 4) is 0 Å². The molecule has 0 radical (unpaired) electrons. The van der Waals surface area contributed by atoms with Crippen LogP contribution in [0.1, 0.15) is 25.8 Å². The van der Waals surface area contributed by atoms with Gasteiger partial charge in [-0.2, -0.15) is 0 Å². The van der Waals surface area contributed by atoms with Gasteiger partial charge in [0, 0.05) is 13.5 Å². The molecule has 2 aliphatic rings. The molecule has 2 saturated heterocycles. The van der Waals surface area contributed by atoms with Gasteiger partial charge in [-0.05, 0) is 12.0 Å². The first-order valence-electron chi connectivity index (χ1n) is 8.86. The third-order valence-corrected chi connectivity index (χ3v) is 5.00. The highest BCUT2D eigenvalue weighted by Crippen LogP contribution is 2.36. The molecule has 3 atom stereocenters. The van der Waals surface area contributed by atoms with E-state index in [1.165, 1.54) is 11.8 Å². The summed E-state index contributed by atoms with van der Waals surface area (Å²) in [5.41, 5.74) is 0.871. The SMILES string of the molecule is CC(=O)OCC(=O)N1C(=O)[C@@H](C)C2[C@@H]1CCN2C(=O)OCc1ccccc1. The van der Waals surface area contributed by atoms with Crippen molar-refractivity contribution >= 4 is 23.9 Å². The number of imide groups is 1. The number of hydrogen-bond donors (Lipinski definition) is 0. The Morgan fingerprint density at radius 3 is 2.52 bits per heavy atom. The van der Waals surface area contributed by atoms with Crippen LogP contribution in [0.3, 0.4) is 0 Å². The topological polar surface area (TPSA) is 93.2 Å². The minimum Gasteiger partial charge on any atom is -0.456 e. The average Bonchev–Trinajstić information content (AvgIpc) is 3.18. The van der Waals surface area contributed by atoms with Crippen molar-refractivity contribution in [3.63, 3.8) is 0 Å². The molecule has 0 spiro atoms. The molecule has 8 nitrogen and oxygen atoms in total. The van der Waals surface area contributed by atoms with Crippen LogP contribution in [0.2, 0.25) is 0 Å². The summed E-state index contributed by atoms with van der Waals surface area (Å²) in [6.07, 6.45) is -0.0206. The predicted molar refractivity (Wildman–Crippen MR) is 93.2 cm³/mol. The lowest BCUT2D eigenvalue weighted by atomic mass is 10.0. The van der Waals surface area contributed by atoms with Crippen molar-refractivity contribution in [2.24, 2.45) is 5.92 Å². The minimum atomic E-state index is -0.586. The second-order valence-corrected chi connectivity index (χ2v) is 6.75. The molecule has 3 amide bonds. The number of likely N-dealkylation sites (tertiary alicyclic amines) is 2. The van der Waals surface area contributed by atoms with Gasteiger partial charge in [0.15, 0.2) is 6.61 Å². The zero-order valence-corrected chi connectivity index (χ0v) is 15.3. The van der Waals surface area contributed by atoms with Crippen molar-refractivity contribution in [2.75, 3.05) is 13.2 Å². The number of ether oxygens (including phenoxy) is 2. The lowest BCUT2D eigenvalue weighted by molar-refractivity contribution is -0.155. The maximum absolute atomic E-state index is 12.5. The smallest absolute Gasteiger partial charge is 0.410 e. The number of carbonyl (C=O) groups excluding carboxylic acids is 4. The van der Waals surface area contributed by atoms with E-state index in [2.05, 4.69) is 0 Å². The molecular weight excluding hydrogens is 352 g/mol. The van der Waals surface area contributed by atoms with E-state index >= 15 is 0 Å². The Balaban J connectivity index is 1.66. The number of nitrogens with zero attached hydrogens (tertiary/aromatic N) is 2. The molecule has 144 valence electrons. The summed E-state index contributed by atoms with van der Waals surface area (Å²) in [6.45, 7) is 2.96. The number of amides is 3. The first-order valence-corrected chi connectivity index (χ1v) is 8.86. The summed E-state index contributed by atoms with van der Waals surface area (Å²) in [4.78, 5) is 51.0. The van der Waals surface area contributed by atoms with Crippen molar-refractivity contribution in [1.82, 2.24) is 9.80 Å². The molecule has 3 rings (SSSR count). The molecule has 0 aliphatic carbocycles. The van der Waals surface area contributed by atoms with Gasteiger partial charge in [0.2, 0.25) is 5.91 Å². The van der Waals surface area contributed by atoms with Gasteiger partial charge in [0.05, 0.1) is 18.0 Å². The highest BCUT2D eigenvalue weighted by Gasteiger charge is 2.55. The van der Waals surface area contributed by atoms with Crippen molar-refractivity contribution < 1.29 is 28.7 Å². The number of hydrogen-bond acceptors (Lipinski definition) is 6. The highest BCUT2D eigenvalue weighted by atomic mass is 16.6. The molecule has 1 aromatic carbocycles. The van der Waals surface area contributed by atoms with Crippen LogP contribution in [0.4, 0.5) is 4.79 Å². The molecule has 0 saturated carbocycles. The Morgan fingerprint density at radius 1 is 1.15 bits per heavy atom. The molecule has 0 bridgehead atoms. The van der Waals surface area contributed by atoms with Gasteiger partial charge in [0.25, 0.3) is 5.91 Å². The molecule has 2 aliphatic heterocycles. The molecule has 8 heteroatoms. The fourth-order valence-corrected chi connectivity index (χ4v) is 3.77. The second kappa shape index (κ2) is 7.77. The average molecular weight is 374 g/mol. The lowest BCUT2D eigenvalue weighted by Crippen LogP contribution is -2.44. The van der Waals surface area contributed by atoms with Gasteiger partial charge >= 0.3 is 12.1 Å². The van der Waals surface area contributed by atoms with Crippen molar-refractivity contribution in [2.45, 2.75) is 39.0 Å². The number of carbonyl (C=O) groups is 4. The number of rotatable bonds is 4. The molecule has 2 fully saturated rings. The monoisotopic (exact) mass is 374 g/mol. The lowest BCUT2D eigenvalue weighted by Gasteiger charge is -2.25. The molecule has 27 heavy (non-hydrogen) atoms. The largest absolute Gasteiger partial charge is 0.456 e. The Hall–Kier alpha value is -2.90. The van der Waals surface area contributed by atoms with Crippen LogP contribution in [0.25, 0.3) is 0 Å². The molecule has 0 aromatic heterocycles. The Bertz CT molecular complexity index is 750. The molecule has 2 heterocycles. The summed E-state index contributed by atoms with van der Waals surface area (Å²) < 4.78 is 10.1. The van der Waals surface area contributed by atoms with Gasteiger partial charge < -0.3 is 14.4 Å². The standard InChI is InChI=1S/C19H22N2O6/c1-12-17-15(21(18(12)24)16(23)11-26-13(2)22)8-9-20(17)19(25)27-10-14-6-4-3-5-7-14/h3-7,12,15,17H,8-11H2,1-2H3/t12-,15-,17?/m0/s1. The Kier molecular flexibility index (Phi) is 5.43. The quantitative estimate of drug-likeness (QED) is 0.738. The zero-order chi connectivity index (χ0) is 19.6. The minimum absolute atomic E-state index is 0.144. The Morgan fingerprint density at radius 2 is 1.85 bits per heavy atom. The summed E-state index contributed by atoms with van der Waals surface area (Å²) in [7, 11) is 0. The van der Waals surface area contributed by atoms with Crippen LogP contribution in [0.5, 0.6) is 0 Å². The van der Waals surface area contributed by atoms with Crippen LogP contribution in [0.15, 0.2) is 30.3 Å². The van der Waals surface area contributed by atoms with E-state index < -0.39 is 42.6 Å². The van der Waals surface area contributed by atoms with Gasteiger partial charge in [-0.25, -0.2) is 4.79 Å². The summed E-state index contributed by atoms with van der Waals surface area (Å²) in [5.74, 6) is -2.03. The van der Waals surface area contributed by atoms with E-state index in [0.29, 0.717) is 13.0 Å². The van der Waals surface area contributed by atoms with E-state index in [4.69, 9.17) is 9.47 Å². The van der Waals surface area contributed by atoms with Crippen LogP contribution in [-0.4, -0.2) is 58.9 Å². The van der Waals surface area contributed by atoms with E-state index in [1.54, 1.807) is 6.92 Å². The third kappa shape index (κ3) is 3.79. The van der Waals surface area contributed by atoms with E-state index in [9.17, 15) is 19.2 Å². The maximum Gasteiger partial charge on any atom is 0.410 e. The van der Waals surface area contributed by atoms with Gasteiger partial charge in [-0.3, -0.25) is 19.3 Å². The van der Waals surface area contributed by atoms with Crippen LogP contribution in [0, 0.1) is 5.92 Å². The fourth-order valence-electron chi connectivity index (χ4n) is 3.77. The fraction of sp³-hybridized carbons (Fsp3) is 0.474. The molecular formula is C19H22N2O6. The summed E-state index contributed by atoms with van der Waals surface area (Å²) >= 11 is 0. The zero-order valence-electron chi connectivity index (χ0n) is 15.3. The summed E-state index contributed by atoms with van der Waals surface area (Å²) in [5, 5.41) is 0. The third-order valence-electron chi connectivity index (χ3n) is 5.00.